The molecule has 17 heavy (non-hydrogen) atoms. The van der Waals surface area contributed by atoms with Crippen LogP contribution < -0.4 is 5.32 Å². The molecule has 0 aliphatic carbocycles. The fourth-order valence-electron chi connectivity index (χ4n) is 1.77. The summed E-state index contributed by atoms with van der Waals surface area (Å²) in [5.74, 6) is 2.71. The van der Waals surface area contributed by atoms with E-state index >= 15 is 0 Å². The van der Waals surface area contributed by atoms with E-state index in [1.54, 1.807) is 0 Å². The molecule has 0 unspecified atom stereocenters. The van der Waals surface area contributed by atoms with Crippen molar-refractivity contribution in [2.45, 2.75) is 46.8 Å². The molecule has 0 saturated carbocycles. The molecule has 0 fully saturated rings. The maximum absolute atomic E-state index is 5.66. The summed E-state index contributed by atoms with van der Waals surface area (Å²) in [6.45, 7) is 8.75. The highest BCUT2D eigenvalue weighted by Crippen LogP contribution is 2.15. The summed E-state index contributed by atoms with van der Waals surface area (Å²) >= 11 is 0. The van der Waals surface area contributed by atoms with Crippen molar-refractivity contribution >= 4 is 0 Å². The van der Waals surface area contributed by atoms with Gasteiger partial charge in [0.05, 0.1) is 13.2 Å². The molecule has 0 atom stereocenters. The molecule has 0 saturated heterocycles. The molecule has 0 aliphatic rings. The zero-order chi connectivity index (χ0) is 12.7. The molecule has 1 aromatic rings. The quantitative estimate of drug-likeness (QED) is 0.707. The van der Waals surface area contributed by atoms with Crippen LogP contribution in [0.5, 0.6) is 0 Å². The second-order valence-electron chi connectivity index (χ2n) is 4.91. The average molecular weight is 239 g/mol. The fourth-order valence-corrected chi connectivity index (χ4v) is 1.77. The summed E-state index contributed by atoms with van der Waals surface area (Å²) in [6.07, 6.45) is 2.37. The van der Waals surface area contributed by atoms with Gasteiger partial charge in [0, 0.05) is 12.2 Å². The highest BCUT2D eigenvalue weighted by Gasteiger charge is 2.06. The standard InChI is InChI=1S/C14H25NO2/c1-11(2)6-5-7-16-10-13-8-14(9-15-4)17-12(13)3/h8,11,15H,5-7,9-10H2,1-4H3. The second kappa shape index (κ2) is 7.51. The minimum Gasteiger partial charge on any atom is -0.465 e. The summed E-state index contributed by atoms with van der Waals surface area (Å²) in [7, 11) is 1.92. The first-order valence-electron chi connectivity index (χ1n) is 6.44. The van der Waals surface area contributed by atoms with Crippen LogP contribution >= 0.6 is 0 Å². The van der Waals surface area contributed by atoms with Crippen LogP contribution in [0.25, 0.3) is 0 Å². The van der Waals surface area contributed by atoms with Gasteiger partial charge >= 0.3 is 0 Å². The Morgan fingerprint density at radius 3 is 2.82 bits per heavy atom. The molecular formula is C14H25NO2. The Morgan fingerprint density at radius 1 is 1.41 bits per heavy atom. The molecule has 0 amide bonds. The number of ether oxygens (including phenoxy) is 1. The molecule has 1 N–H and O–H groups in total. The first-order valence-corrected chi connectivity index (χ1v) is 6.44. The van der Waals surface area contributed by atoms with Gasteiger partial charge in [-0.3, -0.25) is 0 Å². The SMILES string of the molecule is CNCc1cc(COCCCC(C)C)c(C)o1. The van der Waals surface area contributed by atoms with Crippen molar-refractivity contribution in [1.29, 1.82) is 0 Å². The normalized spacial score (nSPS) is 11.4. The van der Waals surface area contributed by atoms with Gasteiger partial charge in [-0.25, -0.2) is 0 Å². The summed E-state index contributed by atoms with van der Waals surface area (Å²) in [4.78, 5) is 0. The van der Waals surface area contributed by atoms with Crippen molar-refractivity contribution in [3.63, 3.8) is 0 Å². The molecule has 1 rings (SSSR count). The van der Waals surface area contributed by atoms with Gasteiger partial charge in [-0.1, -0.05) is 13.8 Å². The maximum atomic E-state index is 5.66. The van der Waals surface area contributed by atoms with E-state index < -0.39 is 0 Å². The van der Waals surface area contributed by atoms with Crippen molar-refractivity contribution in [2.75, 3.05) is 13.7 Å². The van der Waals surface area contributed by atoms with Gasteiger partial charge < -0.3 is 14.5 Å². The van der Waals surface area contributed by atoms with Crippen LogP contribution in [-0.4, -0.2) is 13.7 Å². The first-order chi connectivity index (χ1) is 8.13. The third-order valence-electron chi connectivity index (χ3n) is 2.75. The molecule has 3 heteroatoms. The molecule has 98 valence electrons. The third-order valence-corrected chi connectivity index (χ3v) is 2.75. The van der Waals surface area contributed by atoms with Gasteiger partial charge in [0.2, 0.25) is 0 Å². The molecule has 1 aromatic heterocycles. The van der Waals surface area contributed by atoms with Crippen LogP contribution in [0.15, 0.2) is 10.5 Å². The minimum atomic E-state index is 0.664. The van der Waals surface area contributed by atoms with E-state index in [1.807, 2.05) is 14.0 Å². The molecule has 0 aromatic carbocycles. The largest absolute Gasteiger partial charge is 0.465 e. The predicted molar refractivity (Wildman–Crippen MR) is 69.9 cm³/mol. The van der Waals surface area contributed by atoms with E-state index in [0.717, 1.165) is 37.0 Å². The van der Waals surface area contributed by atoms with Gasteiger partial charge in [-0.15, -0.1) is 0 Å². The Labute approximate surface area is 105 Å². The number of hydrogen-bond donors (Lipinski definition) is 1. The van der Waals surface area contributed by atoms with Crippen LogP contribution in [0.2, 0.25) is 0 Å². The molecule has 3 nitrogen and oxygen atoms in total. The Balaban J connectivity index is 2.26. The highest BCUT2D eigenvalue weighted by molar-refractivity contribution is 5.19. The summed E-state index contributed by atoms with van der Waals surface area (Å²) in [5.41, 5.74) is 1.17. The lowest BCUT2D eigenvalue weighted by molar-refractivity contribution is 0.114. The molecular weight excluding hydrogens is 214 g/mol. The number of aryl methyl sites for hydroxylation is 1. The lowest BCUT2D eigenvalue weighted by Gasteiger charge is -2.05. The minimum absolute atomic E-state index is 0.664. The first kappa shape index (κ1) is 14.3. The predicted octanol–water partition coefficient (Wildman–Crippen LogP) is 3.26. The van der Waals surface area contributed by atoms with Crippen LogP contribution in [0.4, 0.5) is 0 Å². The monoisotopic (exact) mass is 239 g/mol. The van der Waals surface area contributed by atoms with E-state index in [1.165, 1.54) is 12.0 Å². The van der Waals surface area contributed by atoms with E-state index in [2.05, 4.69) is 25.2 Å². The van der Waals surface area contributed by atoms with E-state index in [4.69, 9.17) is 9.15 Å². The van der Waals surface area contributed by atoms with Crippen molar-refractivity contribution in [2.24, 2.45) is 5.92 Å². The number of hydrogen-bond acceptors (Lipinski definition) is 3. The van der Waals surface area contributed by atoms with Crippen molar-refractivity contribution in [3.8, 4) is 0 Å². The van der Waals surface area contributed by atoms with Gasteiger partial charge in [-0.2, -0.15) is 0 Å². The lowest BCUT2D eigenvalue weighted by atomic mass is 10.1. The Bertz CT molecular complexity index is 318. The number of furan rings is 1. The Hall–Kier alpha value is -0.800. The second-order valence-corrected chi connectivity index (χ2v) is 4.91. The molecule has 0 aliphatic heterocycles. The summed E-state index contributed by atoms with van der Waals surface area (Å²) < 4.78 is 11.3. The zero-order valence-electron chi connectivity index (χ0n) is 11.5. The summed E-state index contributed by atoms with van der Waals surface area (Å²) in [5, 5.41) is 3.08. The van der Waals surface area contributed by atoms with E-state index in [-0.39, 0.29) is 0 Å². The van der Waals surface area contributed by atoms with Crippen molar-refractivity contribution < 1.29 is 9.15 Å². The van der Waals surface area contributed by atoms with Gasteiger partial charge in [0.15, 0.2) is 0 Å². The van der Waals surface area contributed by atoms with Crippen LogP contribution in [0.1, 0.15) is 43.8 Å². The van der Waals surface area contributed by atoms with Gasteiger partial charge in [0.25, 0.3) is 0 Å². The number of nitrogens with one attached hydrogen (secondary N) is 1. The van der Waals surface area contributed by atoms with Crippen LogP contribution in [0.3, 0.4) is 0 Å². The Kier molecular flexibility index (Phi) is 6.30. The Morgan fingerprint density at radius 2 is 2.18 bits per heavy atom. The molecule has 0 spiro atoms. The van der Waals surface area contributed by atoms with Crippen LogP contribution in [0, 0.1) is 12.8 Å². The van der Waals surface area contributed by atoms with Crippen molar-refractivity contribution in [1.82, 2.24) is 5.32 Å². The average Bonchev–Trinajstić information content (AvgIpc) is 2.59. The molecule has 0 bridgehead atoms. The smallest absolute Gasteiger partial charge is 0.118 e. The maximum Gasteiger partial charge on any atom is 0.118 e. The van der Waals surface area contributed by atoms with Crippen molar-refractivity contribution in [3.05, 3.63) is 23.2 Å². The zero-order valence-corrected chi connectivity index (χ0v) is 11.5. The van der Waals surface area contributed by atoms with Gasteiger partial charge in [-0.05, 0) is 38.8 Å². The van der Waals surface area contributed by atoms with Crippen LogP contribution in [-0.2, 0) is 17.9 Å². The summed E-state index contributed by atoms with van der Waals surface area (Å²) in [6, 6.07) is 2.08. The lowest BCUT2D eigenvalue weighted by Crippen LogP contribution is -2.03. The van der Waals surface area contributed by atoms with Gasteiger partial charge in [0.1, 0.15) is 11.5 Å². The molecule has 0 radical (unpaired) electrons. The van der Waals surface area contributed by atoms with E-state index in [0.29, 0.717) is 6.61 Å². The molecule has 1 heterocycles. The highest BCUT2D eigenvalue weighted by atomic mass is 16.5. The third kappa shape index (κ3) is 5.37. The van der Waals surface area contributed by atoms with E-state index in [9.17, 15) is 0 Å². The number of rotatable bonds is 8. The fraction of sp³-hybridized carbons (Fsp3) is 0.714. The topological polar surface area (TPSA) is 34.4 Å².